The monoisotopic (exact) mass is 384 g/mol. The highest BCUT2D eigenvalue weighted by Gasteiger charge is 2.20. The molecule has 140 valence electrons. The Morgan fingerprint density at radius 2 is 1.52 bits per heavy atom. The first-order chi connectivity index (χ1) is 13.0. The first-order valence-electron chi connectivity index (χ1n) is 8.54. The molecule has 0 atom stereocenters. The van der Waals surface area contributed by atoms with E-state index in [2.05, 4.69) is 5.32 Å². The van der Waals surface area contributed by atoms with Crippen molar-refractivity contribution >= 4 is 15.7 Å². The first kappa shape index (κ1) is 19.1. The van der Waals surface area contributed by atoms with Crippen molar-refractivity contribution in [2.24, 2.45) is 0 Å². The van der Waals surface area contributed by atoms with Gasteiger partial charge in [0.05, 0.1) is 4.90 Å². The molecule has 0 aromatic heterocycles. The Hall–Kier alpha value is -2.70. The highest BCUT2D eigenvalue weighted by Crippen LogP contribution is 2.20. The van der Waals surface area contributed by atoms with Gasteiger partial charge in [0, 0.05) is 31.4 Å². The van der Waals surface area contributed by atoms with E-state index in [0.717, 1.165) is 11.3 Å². The minimum absolute atomic E-state index is 0.220. The van der Waals surface area contributed by atoms with Crippen LogP contribution in [0.4, 0.5) is 10.1 Å². The van der Waals surface area contributed by atoms with Gasteiger partial charge in [0.2, 0.25) is 10.0 Å². The van der Waals surface area contributed by atoms with Crippen molar-refractivity contribution in [3.63, 3.8) is 0 Å². The molecule has 0 saturated heterocycles. The smallest absolute Gasteiger partial charge is 0.243 e. The fourth-order valence-electron chi connectivity index (χ4n) is 2.69. The second-order valence-corrected chi connectivity index (χ2v) is 8.26. The van der Waals surface area contributed by atoms with E-state index in [-0.39, 0.29) is 10.7 Å². The number of benzene rings is 3. The number of sulfonamides is 1. The van der Waals surface area contributed by atoms with Gasteiger partial charge in [0.15, 0.2) is 0 Å². The van der Waals surface area contributed by atoms with Gasteiger partial charge >= 0.3 is 0 Å². The maximum absolute atomic E-state index is 13.7. The van der Waals surface area contributed by atoms with Crippen LogP contribution in [0.2, 0.25) is 0 Å². The summed E-state index contributed by atoms with van der Waals surface area (Å²) in [6.45, 7) is 0.628. The van der Waals surface area contributed by atoms with E-state index in [1.54, 1.807) is 49.5 Å². The molecule has 0 aliphatic carbocycles. The zero-order chi connectivity index (χ0) is 19.3. The van der Waals surface area contributed by atoms with Crippen LogP contribution in [-0.4, -0.2) is 19.8 Å². The minimum Gasteiger partial charge on any atom is -0.381 e. The van der Waals surface area contributed by atoms with Crippen molar-refractivity contribution in [1.82, 2.24) is 4.31 Å². The SMILES string of the molecule is CN(Cc1ccccc1)S(=O)(=O)c1ccc(NCc2ccccc2F)cc1. The van der Waals surface area contributed by atoms with E-state index in [9.17, 15) is 12.8 Å². The summed E-state index contributed by atoms with van der Waals surface area (Å²) in [6, 6.07) is 22.5. The van der Waals surface area contributed by atoms with E-state index in [4.69, 9.17) is 0 Å². The lowest BCUT2D eigenvalue weighted by atomic mass is 10.2. The lowest BCUT2D eigenvalue weighted by Crippen LogP contribution is -2.26. The number of halogens is 1. The molecule has 0 amide bonds. The van der Waals surface area contributed by atoms with Gasteiger partial charge in [-0.05, 0) is 35.9 Å². The summed E-state index contributed by atoms with van der Waals surface area (Å²) in [4.78, 5) is 0.220. The summed E-state index contributed by atoms with van der Waals surface area (Å²) in [7, 11) is -2.02. The summed E-state index contributed by atoms with van der Waals surface area (Å²) in [5, 5.41) is 3.10. The van der Waals surface area contributed by atoms with E-state index in [0.29, 0.717) is 18.7 Å². The molecule has 3 aromatic carbocycles. The Balaban J connectivity index is 1.67. The van der Waals surface area contributed by atoms with E-state index < -0.39 is 10.0 Å². The third-order valence-corrected chi connectivity index (χ3v) is 6.07. The van der Waals surface area contributed by atoms with Gasteiger partial charge in [-0.25, -0.2) is 12.8 Å². The predicted molar refractivity (Wildman–Crippen MR) is 105 cm³/mol. The largest absolute Gasteiger partial charge is 0.381 e. The van der Waals surface area contributed by atoms with Crippen LogP contribution in [0.5, 0.6) is 0 Å². The molecular formula is C21H21FN2O2S. The van der Waals surface area contributed by atoms with Gasteiger partial charge < -0.3 is 5.32 Å². The Labute approximate surface area is 159 Å². The average molecular weight is 384 g/mol. The fraction of sp³-hybridized carbons (Fsp3) is 0.143. The van der Waals surface area contributed by atoms with Crippen LogP contribution < -0.4 is 5.32 Å². The topological polar surface area (TPSA) is 49.4 Å². The lowest BCUT2D eigenvalue weighted by molar-refractivity contribution is 0.467. The molecule has 0 aliphatic rings. The maximum atomic E-state index is 13.7. The number of anilines is 1. The maximum Gasteiger partial charge on any atom is 0.243 e. The molecule has 3 rings (SSSR count). The Bertz CT molecular complexity index is 990. The predicted octanol–water partition coefficient (Wildman–Crippen LogP) is 4.26. The summed E-state index contributed by atoms with van der Waals surface area (Å²) in [5.41, 5.74) is 2.20. The van der Waals surface area contributed by atoms with Gasteiger partial charge in [-0.2, -0.15) is 4.31 Å². The third-order valence-electron chi connectivity index (χ3n) is 4.25. The molecule has 0 aliphatic heterocycles. The zero-order valence-corrected chi connectivity index (χ0v) is 15.8. The minimum atomic E-state index is -3.58. The van der Waals surface area contributed by atoms with E-state index >= 15 is 0 Å². The summed E-state index contributed by atoms with van der Waals surface area (Å²) in [5.74, 6) is -0.272. The van der Waals surface area contributed by atoms with Gasteiger partial charge in [-0.3, -0.25) is 0 Å². The van der Waals surface area contributed by atoms with Crippen LogP contribution in [-0.2, 0) is 23.1 Å². The Morgan fingerprint density at radius 1 is 0.889 bits per heavy atom. The van der Waals surface area contributed by atoms with Crippen molar-refractivity contribution in [2.75, 3.05) is 12.4 Å². The highest BCUT2D eigenvalue weighted by atomic mass is 32.2. The quantitative estimate of drug-likeness (QED) is 0.662. The van der Waals surface area contributed by atoms with Gasteiger partial charge in [-0.1, -0.05) is 48.5 Å². The second-order valence-electron chi connectivity index (χ2n) is 6.22. The van der Waals surface area contributed by atoms with Crippen molar-refractivity contribution in [3.8, 4) is 0 Å². The van der Waals surface area contributed by atoms with Crippen molar-refractivity contribution in [1.29, 1.82) is 0 Å². The van der Waals surface area contributed by atoms with Gasteiger partial charge in [-0.15, -0.1) is 0 Å². The molecule has 0 radical (unpaired) electrons. The lowest BCUT2D eigenvalue weighted by Gasteiger charge is -2.17. The van der Waals surface area contributed by atoms with E-state index in [1.807, 2.05) is 30.3 Å². The van der Waals surface area contributed by atoms with E-state index in [1.165, 1.54) is 10.4 Å². The Kier molecular flexibility index (Phi) is 5.88. The first-order valence-corrected chi connectivity index (χ1v) is 9.98. The molecule has 0 spiro atoms. The number of nitrogens with zero attached hydrogens (tertiary/aromatic N) is 1. The molecule has 0 unspecified atom stereocenters. The normalized spacial score (nSPS) is 11.5. The van der Waals surface area contributed by atoms with Crippen LogP contribution in [0.15, 0.2) is 83.8 Å². The molecular weight excluding hydrogens is 363 g/mol. The third kappa shape index (κ3) is 4.72. The zero-order valence-electron chi connectivity index (χ0n) is 15.0. The number of hydrogen-bond donors (Lipinski definition) is 1. The molecule has 0 fully saturated rings. The Morgan fingerprint density at radius 3 is 2.19 bits per heavy atom. The molecule has 0 bridgehead atoms. The van der Waals surface area contributed by atoms with Crippen molar-refractivity contribution in [2.45, 2.75) is 18.0 Å². The molecule has 6 heteroatoms. The molecule has 4 nitrogen and oxygen atoms in total. The van der Waals surface area contributed by atoms with Gasteiger partial charge in [0.25, 0.3) is 0 Å². The van der Waals surface area contributed by atoms with Crippen LogP contribution in [0.3, 0.4) is 0 Å². The van der Waals surface area contributed by atoms with Gasteiger partial charge in [0.1, 0.15) is 5.82 Å². The average Bonchev–Trinajstić information content (AvgIpc) is 2.68. The molecule has 0 heterocycles. The summed E-state index contributed by atoms with van der Waals surface area (Å²) in [6.07, 6.45) is 0. The van der Waals surface area contributed by atoms with Crippen LogP contribution in [0.25, 0.3) is 0 Å². The number of hydrogen-bond acceptors (Lipinski definition) is 3. The number of nitrogens with one attached hydrogen (secondary N) is 1. The molecule has 0 saturated carbocycles. The van der Waals surface area contributed by atoms with Crippen molar-refractivity contribution < 1.29 is 12.8 Å². The fourth-order valence-corrected chi connectivity index (χ4v) is 3.85. The summed E-state index contributed by atoms with van der Waals surface area (Å²) >= 11 is 0. The summed E-state index contributed by atoms with van der Waals surface area (Å²) < 4.78 is 40.4. The molecule has 27 heavy (non-hydrogen) atoms. The molecule has 1 N–H and O–H groups in total. The molecule has 3 aromatic rings. The van der Waals surface area contributed by atoms with Crippen LogP contribution >= 0.6 is 0 Å². The second kappa shape index (κ2) is 8.33. The van der Waals surface area contributed by atoms with Crippen LogP contribution in [0.1, 0.15) is 11.1 Å². The van der Waals surface area contributed by atoms with Crippen molar-refractivity contribution in [3.05, 3.63) is 95.8 Å². The number of rotatable bonds is 7. The standard InChI is InChI=1S/C21H21FN2O2S/c1-24(16-17-7-3-2-4-8-17)27(25,26)20-13-11-19(12-14-20)23-15-18-9-5-6-10-21(18)22/h2-14,23H,15-16H2,1H3. The van der Waals surface area contributed by atoms with Crippen LogP contribution in [0, 0.1) is 5.82 Å². The highest BCUT2D eigenvalue weighted by molar-refractivity contribution is 7.89.